The number of hydrogen-bond acceptors (Lipinski definition) is 7. The minimum atomic E-state index is -0.339. The molecule has 0 spiro atoms. The van der Waals surface area contributed by atoms with E-state index in [4.69, 9.17) is 18.9 Å². The fraction of sp³-hybridized carbons (Fsp3) is 0.132. The molecule has 0 N–H and O–H groups in total. The Kier molecular flexibility index (Phi) is 14.3. The Balaban J connectivity index is 0.000000265. The van der Waals surface area contributed by atoms with Crippen LogP contribution in [0.5, 0.6) is 23.0 Å². The average Bonchev–Trinajstić information content (AvgIpc) is 3.26. The third kappa shape index (κ3) is 11.8. The first kappa shape index (κ1) is 42.2. The number of esters is 2. The van der Waals surface area contributed by atoms with Gasteiger partial charge in [-0.2, -0.15) is 0 Å². The molecule has 0 aliphatic carbocycles. The van der Waals surface area contributed by atoms with E-state index in [2.05, 4.69) is 110 Å². The zero-order chi connectivity index (χ0) is 42.4. The summed E-state index contributed by atoms with van der Waals surface area (Å²) in [5.41, 5.74) is 12.3. The Morgan fingerprint density at radius 1 is 0.450 bits per heavy atom. The van der Waals surface area contributed by atoms with Crippen molar-refractivity contribution in [2.45, 2.75) is 34.1 Å². The first-order chi connectivity index (χ1) is 29.1. The van der Waals surface area contributed by atoms with E-state index in [0.29, 0.717) is 11.5 Å². The molecule has 0 fully saturated rings. The molecule has 0 amide bonds. The van der Waals surface area contributed by atoms with Gasteiger partial charge in [0.25, 0.3) is 0 Å². The molecule has 0 aromatic heterocycles. The van der Waals surface area contributed by atoms with E-state index in [0.717, 1.165) is 57.2 Å². The number of anilines is 3. The smallest absolute Gasteiger partial charge is 0.308 e. The van der Waals surface area contributed by atoms with Gasteiger partial charge in [0.15, 0.2) is 0 Å². The SMILES string of the molecule is COc1ccc(C(=Cc2ccc(N(c3ccc(C)cc3)c3ccc(C)cc3)cc2)c2ccc(OC(C)=O)cc2)cc1.COc1ccc(Cc2ccc(OC(C)=O)cc2)cc1. The van der Waals surface area contributed by atoms with Gasteiger partial charge in [0.1, 0.15) is 23.0 Å². The van der Waals surface area contributed by atoms with Crippen molar-refractivity contribution in [3.63, 3.8) is 0 Å². The van der Waals surface area contributed by atoms with Crippen LogP contribution in [0.25, 0.3) is 11.6 Å². The first-order valence-electron chi connectivity index (χ1n) is 19.7. The highest BCUT2D eigenvalue weighted by atomic mass is 16.5. The third-order valence-corrected chi connectivity index (χ3v) is 9.63. The predicted molar refractivity (Wildman–Crippen MR) is 242 cm³/mol. The molecule has 7 aromatic rings. The van der Waals surface area contributed by atoms with E-state index in [1.807, 2.05) is 72.8 Å². The van der Waals surface area contributed by atoms with Crippen LogP contribution in [0, 0.1) is 13.8 Å². The average molecular weight is 796 g/mol. The zero-order valence-corrected chi connectivity index (χ0v) is 34.8. The Labute approximate surface area is 353 Å². The topological polar surface area (TPSA) is 74.3 Å². The zero-order valence-electron chi connectivity index (χ0n) is 34.8. The van der Waals surface area contributed by atoms with E-state index in [-0.39, 0.29) is 11.9 Å². The van der Waals surface area contributed by atoms with Gasteiger partial charge in [0, 0.05) is 30.9 Å². The van der Waals surface area contributed by atoms with Gasteiger partial charge in [-0.15, -0.1) is 0 Å². The largest absolute Gasteiger partial charge is 0.497 e. The second-order valence-electron chi connectivity index (χ2n) is 14.3. The van der Waals surface area contributed by atoms with Gasteiger partial charge in [0.05, 0.1) is 14.2 Å². The van der Waals surface area contributed by atoms with Crippen LogP contribution < -0.4 is 23.8 Å². The maximum Gasteiger partial charge on any atom is 0.308 e. The van der Waals surface area contributed by atoms with E-state index in [9.17, 15) is 9.59 Å². The number of nitrogens with zero attached hydrogens (tertiary/aromatic N) is 1. The summed E-state index contributed by atoms with van der Waals surface area (Å²) in [7, 11) is 3.32. The van der Waals surface area contributed by atoms with Crippen molar-refractivity contribution in [3.8, 4) is 23.0 Å². The summed E-state index contributed by atoms with van der Waals surface area (Å²) in [5, 5.41) is 0. The molecule has 0 aliphatic rings. The number of ether oxygens (including phenoxy) is 4. The number of methoxy groups -OCH3 is 2. The van der Waals surface area contributed by atoms with Crippen molar-refractivity contribution in [2.24, 2.45) is 0 Å². The lowest BCUT2D eigenvalue weighted by molar-refractivity contribution is -0.132. The number of benzene rings is 7. The maximum atomic E-state index is 11.4. The quantitative estimate of drug-likeness (QED) is 0.0692. The molecule has 0 atom stereocenters. The minimum absolute atomic E-state index is 0.303. The highest BCUT2D eigenvalue weighted by Gasteiger charge is 2.13. The molecular weight excluding hydrogens is 747 g/mol. The summed E-state index contributed by atoms with van der Waals surface area (Å²) in [6, 6.07) is 56.9. The molecule has 0 aliphatic heterocycles. The van der Waals surface area contributed by atoms with E-state index >= 15 is 0 Å². The van der Waals surface area contributed by atoms with Crippen LogP contribution in [-0.2, 0) is 16.0 Å². The van der Waals surface area contributed by atoms with Crippen molar-refractivity contribution < 1.29 is 28.5 Å². The Bertz CT molecular complexity index is 2440. The van der Waals surface area contributed by atoms with Crippen LogP contribution in [0.2, 0.25) is 0 Å². The molecule has 302 valence electrons. The summed E-state index contributed by atoms with van der Waals surface area (Å²) in [5.74, 6) is 2.11. The second kappa shape index (κ2) is 20.4. The fourth-order valence-electron chi connectivity index (χ4n) is 6.51. The molecule has 60 heavy (non-hydrogen) atoms. The number of carbonyl (C=O) groups excluding carboxylic acids is 2. The fourth-order valence-corrected chi connectivity index (χ4v) is 6.51. The summed E-state index contributed by atoms with van der Waals surface area (Å²) in [6.07, 6.45) is 3.01. The van der Waals surface area contributed by atoms with Gasteiger partial charge in [-0.25, -0.2) is 0 Å². The van der Waals surface area contributed by atoms with E-state index < -0.39 is 0 Å². The molecule has 0 saturated heterocycles. The Morgan fingerprint density at radius 3 is 1.15 bits per heavy atom. The monoisotopic (exact) mass is 795 g/mol. The Morgan fingerprint density at radius 2 is 0.783 bits per heavy atom. The van der Waals surface area contributed by atoms with Crippen molar-refractivity contribution in [2.75, 3.05) is 19.1 Å². The van der Waals surface area contributed by atoms with Gasteiger partial charge in [0.2, 0.25) is 0 Å². The predicted octanol–water partition coefficient (Wildman–Crippen LogP) is 12.5. The maximum absolute atomic E-state index is 11.4. The van der Waals surface area contributed by atoms with Gasteiger partial charge in [-0.05, 0) is 145 Å². The standard InChI is InChI=1S/C37H33NO3.C16H16O3/c1-26-5-15-32(16-6-26)38(33-17-7-27(2)8-18-33)34-19-9-29(10-20-34)25-37(30-11-21-35(40-4)22-12-30)31-13-23-36(24-14-31)41-28(3)39;1-12(17)19-16-9-5-14(6-10-16)11-13-3-7-15(18-2)8-4-13/h5-25H,1-4H3;3-10H,11H2,1-2H3. The van der Waals surface area contributed by atoms with E-state index in [1.165, 1.54) is 36.1 Å². The van der Waals surface area contributed by atoms with Crippen LogP contribution in [-0.4, -0.2) is 26.2 Å². The van der Waals surface area contributed by atoms with Gasteiger partial charge >= 0.3 is 11.9 Å². The molecule has 0 radical (unpaired) electrons. The van der Waals surface area contributed by atoms with Crippen molar-refractivity contribution >= 4 is 40.6 Å². The summed E-state index contributed by atoms with van der Waals surface area (Å²) in [4.78, 5) is 24.5. The number of carbonyl (C=O) groups is 2. The molecule has 0 bridgehead atoms. The lowest BCUT2D eigenvalue weighted by atomic mass is 9.95. The lowest BCUT2D eigenvalue weighted by Gasteiger charge is -2.26. The molecule has 0 heterocycles. The van der Waals surface area contributed by atoms with Crippen LogP contribution >= 0.6 is 0 Å². The van der Waals surface area contributed by atoms with E-state index in [1.54, 1.807) is 26.4 Å². The van der Waals surface area contributed by atoms with Crippen LogP contribution in [0.3, 0.4) is 0 Å². The normalized spacial score (nSPS) is 10.8. The molecule has 7 heteroatoms. The molecule has 7 rings (SSSR count). The van der Waals surface area contributed by atoms with Crippen molar-refractivity contribution in [1.82, 2.24) is 0 Å². The summed E-state index contributed by atoms with van der Waals surface area (Å²) in [6.45, 7) is 7.00. The minimum Gasteiger partial charge on any atom is -0.497 e. The summed E-state index contributed by atoms with van der Waals surface area (Å²) >= 11 is 0. The molecule has 7 aromatic carbocycles. The van der Waals surface area contributed by atoms with Gasteiger partial charge < -0.3 is 23.8 Å². The highest BCUT2D eigenvalue weighted by Crippen LogP contribution is 2.36. The lowest BCUT2D eigenvalue weighted by Crippen LogP contribution is -2.09. The molecule has 0 saturated carbocycles. The third-order valence-electron chi connectivity index (χ3n) is 9.63. The number of hydrogen-bond donors (Lipinski definition) is 0. The van der Waals surface area contributed by atoms with Crippen LogP contribution in [0.4, 0.5) is 17.1 Å². The summed E-state index contributed by atoms with van der Waals surface area (Å²) < 4.78 is 20.7. The Hall–Kier alpha value is -7.38. The second-order valence-corrected chi connectivity index (χ2v) is 14.3. The van der Waals surface area contributed by atoms with Crippen molar-refractivity contribution in [1.29, 1.82) is 0 Å². The molecular formula is C53H49NO6. The van der Waals surface area contributed by atoms with Gasteiger partial charge in [-0.1, -0.05) is 96.1 Å². The van der Waals surface area contributed by atoms with Crippen molar-refractivity contribution in [3.05, 3.63) is 209 Å². The number of aryl methyl sites for hydroxylation is 2. The van der Waals surface area contributed by atoms with Gasteiger partial charge in [-0.3, -0.25) is 9.59 Å². The number of rotatable bonds is 12. The molecule has 7 nitrogen and oxygen atoms in total. The highest BCUT2D eigenvalue weighted by molar-refractivity contribution is 5.92. The first-order valence-corrected chi connectivity index (χ1v) is 19.7. The molecule has 0 unspecified atom stereocenters. The van der Waals surface area contributed by atoms with Crippen LogP contribution in [0.1, 0.15) is 52.8 Å². The van der Waals surface area contributed by atoms with Crippen LogP contribution in [0.15, 0.2) is 170 Å².